The molecule has 2 heterocycles. The van der Waals surface area contributed by atoms with Crippen molar-refractivity contribution in [2.75, 3.05) is 44.2 Å². The van der Waals surface area contributed by atoms with Crippen LogP contribution in [0.25, 0.3) is 0 Å². The molecular weight excluding hydrogens is 480 g/mol. The summed E-state index contributed by atoms with van der Waals surface area (Å²) in [5.41, 5.74) is 0.691. The number of aliphatic imine (C=N–C) groups is 1. The zero-order valence-electron chi connectivity index (χ0n) is 16.9. The SMILES string of the molecule is CCNC(=NCC1(c2ccccc2F)CC1)N1CCN(c2ccccn2)CC1.I. The number of anilines is 1. The van der Waals surface area contributed by atoms with Gasteiger partial charge in [-0.1, -0.05) is 24.3 Å². The Morgan fingerprint density at radius 1 is 1.10 bits per heavy atom. The molecule has 0 unspecified atom stereocenters. The third-order valence-corrected chi connectivity index (χ3v) is 5.72. The van der Waals surface area contributed by atoms with Crippen molar-refractivity contribution in [1.82, 2.24) is 15.2 Å². The molecule has 1 saturated carbocycles. The highest BCUT2D eigenvalue weighted by molar-refractivity contribution is 14.0. The molecule has 1 aromatic heterocycles. The van der Waals surface area contributed by atoms with Gasteiger partial charge in [-0.2, -0.15) is 0 Å². The summed E-state index contributed by atoms with van der Waals surface area (Å²) in [5, 5.41) is 3.42. The van der Waals surface area contributed by atoms with Crippen LogP contribution >= 0.6 is 24.0 Å². The Labute approximate surface area is 189 Å². The molecule has 2 aliphatic rings. The number of hydrogen-bond acceptors (Lipinski definition) is 3. The second-order valence-electron chi connectivity index (χ2n) is 7.59. The van der Waals surface area contributed by atoms with E-state index >= 15 is 0 Å². The smallest absolute Gasteiger partial charge is 0.194 e. The molecule has 7 heteroatoms. The number of hydrogen-bond donors (Lipinski definition) is 1. The number of rotatable bonds is 5. The van der Waals surface area contributed by atoms with E-state index in [0.717, 1.165) is 62.9 Å². The monoisotopic (exact) mass is 509 g/mol. The Kier molecular flexibility index (Phi) is 7.32. The predicted octanol–water partition coefficient (Wildman–Crippen LogP) is 3.66. The normalized spacial score (nSPS) is 18.2. The van der Waals surface area contributed by atoms with Crippen molar-refractivity contribution in [3.8, 4) is 0 Å². The second-order valence-corrected chi connectivity index (χ2v) is 7.59. The van der Waals surface area contributed by atoms with Gasteiger partial charge in [-0.25, -0.2) is 9.37 Å². The Morgan fingerprint density at radius 3 is 2.45 bits per heavy atom. The summed E-state index contributed by atoms with van der Waals surface area (Å²) >= 11 is 0. The van der Waals surface area contributed by atoms with E-state index in [1.807, 2.05) is 30.5 Å². The van der Waals surface area contributed by atoms with Crippen LogP contribution in [0.2, 0.25) is 0 Å². The fraction of sp³-hybridized carbons (Fsp3) is 0.455. The van der Waals surface area contributed by atoms with Crippen molar-refractivity contribution in [3.05, 3.63) is 60.0 Å². The number of nitrogens with zero attached hydrogens (tertiary/aromatic N) is 4. The highest BCUT2D eigenvalue weighted by Gasteiger charge is 2.46. The minimum atomic E-state index is -0.123. The summed E-state index contributed by atoms with van der Waals surface area (Å²) < 4.78 is 14.3. The number of piperazine rings is 1. The molecule has 1 aromatic carbocycles. The third-order valence-electron chi connectivity index (χ3n) is 5.72. The van der Waals surface area contributed by atoms with Gasteiger partial charge in [0.2, 0.25) is 0 Å². The molecule has 0 atom stereocenters. The van der Waals surface area contributed by atoms with Gasteiger partial charge in [0.25, 0.3) is 0 Å². The maximum atomic E-state index is 14.3. The Morgan fingerprint density at radius 2 is 1.83 bits per heavy atom. The lowest BCUT2D eigenvalue weighted by atomic mass is 9.95. The van der Waals surface area contributed by atoms with Crippen molar-refractivity contribution < 1.29 is 4.39 Å². The van der Waals surface area contributed by atoms with Crippen molar-refractivity contribution in [3.63, 3.8) is 0 Å². The summed E-state index contributed by atoms with van der Waals surface area (Å²) in [7, 11) is 0. The molecule has 0 radical (unpaired) electrons. The number of guanidine groups is 1. The second kappa shape index (κ2) is 9.73. The van der Waals surface area contributed by atoms with Crippen LogP contribution in [0.3, 0.4) is 0 Å². The first-order chi connectivity index (χ1) is 13.7. The lowest BCUT2D eigenvalue weighted by Crippen LogP contribution is -2.53. The number of halogens is 2. The van der Waals surface area contributed by atoms with Crippen LogP contribution in [0.15, 0.2) is 53.7 Å². The quantitative estimate of drug-likeness (QED) is 0.380. The number of benzene rings is 1. The lowest BCUT2D eigenvalue weighted by molar-refractivity contribution is 0.370. The zero-order chi connectivity index (χ0) is 19.4. The highest BCUT2D eigenvalue weighted by Crippen LogP contribution is 2.49. The maximum absolute atomic E-state index is 14.3. The van der Waals surface area contributed by atoms with Gasteiger partial charge in [-0.15, -0.1) is 24.0 Å². The zero-order valence-corrected chi connectivity index (χ0v) is 19.2. The topological polar surface area (TPSA) is 43.8 Å². The van der Waals surface area contributed by atoms with Gasteiger partial charge in [-0.05, 0) is 43.5 Å². The van der Waals surface area contributed by atoms with Gasteiger partial charge in [0.1, 0.15) is 11.6 Å². The van der Waals surface area contributed by atoms with E-state index < -0.39 is 0 Å². The number of nitrogens with one attached hydrogen (secondary N) is 1. The van der Waals surface area contributed by atoms with Crippen molar-refractivity contribution in [1.29, 1.82) is 0 Å². The summed E-state index contributed by atoms with van der Waals surface area (Å²) in [6.07, 6.45) is 3.85. The van der Waals surface area contributed by atoms with Gasteiger partial charge in [0.05, 0.1) is 6.54 Å². The first-order valence-corrected chi connectivity index (χ1v) is 10.2. The minimum Gasteiger partial charge on any atom is -0.357 e. The van der Waals surface area contributed by atoms with Gasteiger partial charge in [0, 0.05) is 44.3 Å². The van der Waals surface area contributed by atoms with Crippen LogP contribution in [-0.4, -0.2) is 55.1 Å². The van der Waals surface area contributed by atoms with Gasteiger partial charge < -0.3 is 15.1 Å². The molecule has 5 nitrogen and oxygen atoms in total. The first kappa shape index (κ1) is 21.8. The highest BCUT2D eigenvalue weighted by atomic mass is 127. The molecule has 1 saturated heterocycles. The van der Waals surface area contributed by atoms with Crippen LogP contribution in [0, 0.1) is 5.82 Å². The van der Waals surface area contributed by atoms with Crippen LogP contribution in [0.5, 0.6) is 0 Å². The van der Waals surface area contributed by atoms with E-state index in [0.29, 0.717) is 6.54 Å². The summed E-state index contributed by atoms with van der Waals surface area (Å²) in [4.78, 5) is 14.0. The molecular formula is C22H29FIN5. The van der Waals surface area contributed by atoms with E-state index in [4.69, 9.17) is 4.99 Å². The first-order valence-electron chi connectivity index (χ1n) is 10.2. The average Bonchev–Trinajstić information content (AvgIpc) is 3.53. The Bertz CT molecular complexity index is 817. The number of aromatic nitrogens is 1. The average molecular weight is 509 g/mol. The van der Waals surface area contributed by atoms with Crippen LogP contribution < -0.4 is 10.2 Å². The maximum Gasteiger partial charge on any atom is 0.194 e. The number of pyridine rings is 1. The summed E-state index contributed by atoms with van der Waals surface area (Å²) in [6.45, 7) is 7.18. The fourth-order valence-electron chi connectivity index (χ4n) is 3.90. The minimum absolute atomic E-state index is 0. The molecule has 2 aromatic rings. The van der Waals surface area contributed by atoms with Crippen molar-refractivity contribution >= 4 is 35.8 Å². The van der Waals surface area contributed by atoms with Gasteiger partial charge in [0.15, 0.2) is 5.96 Å². The van der Waals surface area contributed by atoms with Crippen molar-refractivity contribution in [2.45, 2.75) is 25.2 Å². The molecule has 0 bridgehead atoms. The Balaban J connectivity index is 0.00000240. The van der Waals surface area contributed by atoms with E-state index in [1.54, 1.807) is 12.1 Å². The fourth-order valence-corrected chi connectivity index (χ4v) is 3.90. The molecule has 4 rings (SSSR count). The Hall–Kier alpha value is -1.90. The van der Waals surface area contributed by atoms with Crippen molar-refractivity contribution in [2.24, 2.45) is 4.99 Å². The molecule has 1 aliphatic heterocycles. The van der Waals surface area contributed by atoms with Gasteiger partial charge in [-0.3, -0.25) is 4.99 Å². The molecule has 2 fully saturated rings. The molecule has 29 heavy (non-hydrogen) atoms. The molecule has 156 valence electrons. The standard InChI is InChI=1S/C22H28FN5.HI/c1-2-24-21(26-17-22(10-11-22)18-7-3-4-8-19(18)23)28-15-13-27(14-16-28)20-9-5-6-12-25-20;/h3-9,12H,2,10-11,13-17H2,1H3,(H,24,26);1H. The van der Waals surface area contributed by atoms with E-state index in [-0.39, 0.29) is 35.2 Å². The predicted molar refractivity (Wildman–Crippen MR) is 127 cm³/mol. The summed E-state index contributed by atoms with van der Waals surface area (Å²) in [5.74, 6) is 1.86. The largest absolute Gasteiger partial charge is 0.357 e. The van der Waals surface area contributed by atoms with E-state index in [9.17, 15) is 4.39 Å². The molecule has 0 amide bonds. The van der Waals surface area contributed by atoms with Crippen LogP contribution in [-0.2, 0) is 5.41 Å². The molecule has 0 spiro atoms. The van der Waals surface area contributed by atoms with Crippen LogP contribution in [0.1, 0.15) is 25.3 Å². The molecule has 1 N–H and O–H groups in total. The van der Waals surface area contributed by atoms with E-state index in [1.165, 1.54) is 0 Å². The van der Waals surface area contributed by atoms with Gasteiger partial charge >= 0.3 is 0 Å². The summed E-state index contributed by atoms with van der Waals surface area (Å²) in [6, 6.07) is 13.2. The third kappa shape index (κ3) is 4.99. The molecule has 1 aliphatic carbocycles. The van der Waals surface area contributed by atoms with E-state index in [2.05, 4.69) is 33.1 Å². The lowest BCUT2D eigenvalue weighted by Gasteiger charge is -2.37. The van der Waals surface area contributed by atoms with Crippen LogP contribution in [0.4, 0.5) is 10.2 Å².